The zero-order valence-electron chi connectivity index (χ0n) is 22.2. The third-order valence-corrected chi connectivity index (χ3v) is 13.9. The standard InChI is InChI=1S/2C15H18ClNOS/c2*1-15-6-7-17-11(3-5-14(17)18)9(15)2-4-12-10(15)8-13(16)19-12/h2*8-9,11H,2-7H2,1H3/t2*9-,11-,15-/m00/s1. The molecule has 4 aliphatic heterocycles. The number of hydrogen-bond acceptors (Lipinski definition) is 4. The van der Waals surface area contributed by atoms with Gasteiger partial charge in [0.25, 0.3) is 0 Å². The normalized spacial score (nSPS) is 36.9. The zero-order chi connectivity index (χ0) is 26.4. The highest BCUT2D eigenvalue weighted by atomic mass is 35.5. The van der Waals surface area contributed by atoms with Gasteiger partial charge >= 0.3 is 0 Å². The molecule has 38 heavy (non-hydrogen) atoms. The highest BCUT2D eigenvalue weighted by Gasteiger charge is 2.53. The van der Waals surface area contributed by atoms with E-state index in [1.165, 1.54) is 33.7 Å². The Hall–Kier alpha value is -1.08. The number of amides is 2. The molecule has 0 unspecified atom stereocenters. The maximum absolute atomic E-state index is 11.9. The van der Waals surface area contributed by atoms with Gasteiger partial charge < -0.3 is 9.80 Å². The van der Waals surface area contributed by atoms with E-state index in [0.717, 1.165) is 73.1 Å². The lowest BCUT2D eigenvalue weighted by Gasteiger charge is -2.51. The van der Waals surface area contributed by atoms with E-state index < -0.39 is 0 Å². The molecule has 6 aliphatic rings. The summed E-state index contributed by atoms with van der Waals surface area (Å²) >= 11 is 16.0. The minimum absolute atomic E-state index is 0.239. The third-order valence-electron chi connectivity index (χ3n) is 11.2. The maximum Gasteiger partial charge on any atom is 0.222 e. The van der Waals surface area contributed by atoms with Crippen LogP contribution in [-0.4, -0.2) is 46.8 Å². The molecule has 0 saturated carbocycles. The van der Waals surface area contributed by atoms with Crippen LogP contribution < -0.4 is 0 Å². The van der Waals surface area contributed by atoms with Gasteiger partial charge in [-0.15, -0.1) is 22.7 Å². The summed E-state index contributed by atoms with van der Waals surface area (Å²) in [6.07, 6.45) is 10.6. The fourth-order valence-electron chi connectivity index (χ4n) is 9.25. The number of halogens is 2. The van der Waals surface area contributed by atoms with Crippen LogP contribution in [0.25, 0.3) is 0 Å². The second-order valence-electron chi connectivity index (χ2n) is 12.8. The maximum atomic E-state index is 11.9. The monoisotopic (exact) mass is 590 g/mol. The molecule has 0 aromatic carbocycles. The molecule has 0 radical (unpaired) electrons. The Morgan fingerprint density at radius 1 is 0.711 bits per heavy atom. The minimum atomic E-state index is 0.239. The summed E-state index contributed by atoms with van der Waals surface area (Å²) in [5.41, 5.74) is 3.45. The van der Waals surface area contributed by atoms with Crippen molar-refractivity contribution in [3.05, 3.63) is 41.7 Å². The number of aryl methyl sites for hydroxylation is 2. The largest absolute Gasteiger partial charge is 0.339 e. The summed E-state index contributed by atoms with van der Waals surface area (Å²) in [6.45, 7) is 6.67. The number of nitrogens with zero attached hydrogens (tertiary/aromatic N) is 2. The van der Waals surface area contributed by atoms with Gasteiger partial charge in [-0.2, -0.15) is 0 Å². The predicted octanol–water partition coefficient (Wildman–Crippen LogP) is 7.23. The van der Waals surface area contributed by atoms with Crippen LogP contribution in [0.3, 0.4) is 0 Å². The molecule has 2 amide bonds. The van der Waals surface area contributed by atoms with E-state index in [0.29, 0.717) is 35.7 Å². The molecule has 0 N–H and O–H groups in total. The molecule has 8 rings (SSSR count). The molecule has 2 aromatic heterocycles. The molecule has 0 spiro atoms. The van der Waals surface area contributed by atoms with E-state index in [1.54, 1.807) is 22.7 Å². The second-order valence-corrected chi connectivity index (χ2v) is 16.3. The Morgan fingerprint density at radius 3 is 1.55 bits per heavy atom. The summed E-state index contributed by atoms with van der Waals surface area (Å²) in [7, 11) is 0. The van der Waals surface area contributed by atoms with Crippen LogP contribution in [0.15, 0.2) is 12.1 Å². The van der Waals surface area contributed by atoms with E-state index in [4.69, 9.17) is 23.2 Å². The molecule has 4 saturated heterocycles. The third kappa shape index (κ3) is 3.79. The van der Waals surface area contributed by atoms with Crippen LogP contribution in [0.5, 0.6) is 0 Å². The van der Waals surface area contributed by atoms with Gasteiger partial charge in [0.2, 0.25) is 11.8 Å². The molecular weight excluding hydrogens is 555 g/mol. The van der Waals surface area contributed by atoms with E-state index >= 15 is 0 Å². The smallest absolute Gasteiger partial charge is 0.222 e. The van der Waals surface area contributed by atoms with Crippen LogP contribution >= 0.6 is 45.9 Å². The van der Waals surface area contributed by atoms with Gasteiger partial charge in [0.15, 0.2) is 0 Å². The molecule has 2 aromatic rings. The lowest BCUT2D eigenvalue weighted by atomic mass is 9.60. The number of carbonyl (C=O) groups is 2. The first-order valence-electron chi connectivity index (χ1n) is 14.4. The summed E-state index contributed by atoms with van der Waals surface area (Å²) < 4.78 is 1.86. The fraction of sp³-hybridized carbons (Fsp3) is 0.667. The molecule has 6 atom stereocenters. The molecule has 0 bridgehead atoms. The topological polar surface area (TPSA) is 40.6 Å². The highest BCUT2D eigenvalue weighted by molar-refractivity contribution is 7.16. The van der Waals surface area contributed by atoms with Crippen molar-refractivity contribution in [2.75, 3.05) is 13.1 Å². The van der Waals surface area contributed by atoms with Gasteiger partial charge in [-0.05, 0) is 86.5 Å². The van der Waals surface area contributed by atoms with Crippen molar-refractivity contribution < 1.29 is 9.59 Å². The molecular formula is C30H36Cl2N2O2S2. The molecule has 6 heterocycles. The van der Waals surface area contributed by atoms with Crippen molar-refractivity contribution in [2.45, 2.75) is 101 Å². The number of piperidine rings is 2. The van der Waals surface area contributed by atoms with Crippen LogP contribution in [-0.2, 0) is 33.3 Å². The Kier molecular flexibility index (Phi) is 6.28. The van der Waals surface area contributed by atoms with E-state index in [2.05, 4.69) is 35.8 Å². The number of hydrogen-bond donors (Lipinski definition) is 0. The number of carbonyl (C=O) groups excluding carboxylic acids is 2. The summed E-state index contributed by atoms with van der Waals surface area (Å²) in [5, 5.41) is 0. The molecule has 8 heteroatoms. The first-order chi connectivity index (χ1) is 18.2. The first-order valence-corrected chi connectivity index (χ1v) is 16.7. The first kappa shape index (κ1) is 25.9. The Morgan fingerprint density at radius 2 is 1.13 bits per heavy atom. The van der Waals surface area contributed by atoms with Crippen LogP contribution in [0.4, 0.5) is 0 Å². The van der Waals surface area contributed by atoms with Crippen molar-refractivity contribution in [1.82, 2.24) is 9.80 Å². The van der Waals surface area contributed by atoms with Gasteiger partial charge in [0.1, 0.15) is 0 Å². The fourth-order valence-corrected chi connectivity index (χ4v) is 12.1. The number of thiophene rings is 2. The lowest BCUT2D eigenvalue weighted by molar-refractivity contribution is -0.133. The quantitative estimate of drug-likeness (QED) is 0.324. The van der Waals surface area contributed by atoms with Crippen molar-refractivity contribution in [3.63, 3.8) is 0 Å². The van der Waals surface area contributed by atoms with Crippen LogP contribution in [0.1, 0.15) is 86.1 Å². The minimum Gasteiger partial charge on any atom is -0.339 e. The SMILES string of the molecule is C[C@]12CCN3C(=O)CC[C@H]3[C@@H]1CCc1sc(Cl)cc12.C[C@]12CCN3C(=O)CC[C@H]3[C@@H]1CCc1sc(Cl)cc12. The summed E-state index contributed by atoms with van der Waals surface area (Å²) in [6, 6.07) is 5.36. The molecule has 4 fully saturated rings. The van der Waals surface area contributed by atoms with Crippen molar-refractivity contribution in [3.8, 4) is 0 Å². The van der Waals surface area contributed by atoms with Crippen molar-refractivity contribution in [2.24, 2.45) is 11.8 Å². The Bertz CT molecular complexity index is 1210. The highest BCUT2D eigenvalue weighted by Crippen LogP contribution is 2.55. The summed E-state index contributed by atoms with van der Waals surface area (Å²) in [4.78, 5) is 31.2. The van der Waals surface area contributed by atoms with E-state index in [1.807, 2.05) is 0 Å². The average Bonchev–Trinajstić information content (AvgIpc) is 3.65. The zero-order valence-corrected chi connectivity index (χ0v) is 25.4. The Balaban J connectivity index is 0.000000127. The number of fused-ring (bicyclic) bond motifs is 10. The predicted molar refractivity (Wildman–Crippen MR) is 156 cm³/mol. The van der Waals surface area contributed by atoms with Crippen LogP contribution in [0.2, 0.25) is 8.67 Å². The lowest BCUT2D eigenvalue weighted by Crippen LogP contribution is -2.55. The van der Waals surface area contributed by atoms with Gasteiger partial charge in [0, 0.05) is 58.6 Å². The van der Waals surface area contributed by atoms with Crippen LogP contribution in [0, 0.1) is 11.8 Å². The Labute approximate surface area is 243 Å². The van der Waals surface area contributed by atoms with Crippen molar-refractivity contribution in [1.29, 1.82) is 0 Å². The van der Waals surface area contributed by atoms with Gasteiger partial charge in [-0.25, -0.2) is 0 Å². The van der Waals surface area contributed by atoms with E-state index in [9.17, 15) is 9.59 Å². The van der Waals surface area contributed by atoms with Crippen molar-refractivity contribution >= 4 is 57.7 Å². The number of rotatable bonds is 0. The van der Waals surface area contributed by atoms with Gasteiger partial charge in [-0.3, -0.25) is 9.59 Å². The summed E-state index contributed by atoms with van der Waals surface area (Å²) in [5.74, 6) is 2.01. The van der Waals surface area contributed by atoms with Gasteiger partial charge in [-0.1, -0.05) is 37.0 Å². The second kappa shape index (κ2) is 9.22. The average molecular weight is 592 g/mol. The molecule has 204 valence electrons. The molecule has 2 aliphatic carbocycles. The molecule has 4 nitrogen and oxygen atoms in total. The van der Waals surface area contributed by atoms with Gasteiger partial charge in [0.05, 0.1) is 8.67 Å². The van der Waals surface area contributed by atoms with E-state index in [-0.39, 0.29) is 10.8 Å².